The third-order valence-corrected chi connectivity index (χ3v) is 8.11. The van der Waals surface area contributed by atoms with E-state index < -0.39 is 28.9 Å². The predicted molar refractivity (Wildman–Crippen MR) is 157 cm³/mol. The molecule has 0 radical (unpaired) electrons. The Balaban J connectivity index is 1.15. The summed E-state index contributed by atoms with van der Waals surface area (Å²) in [6.45, 7) is 3.50. The van der Waals surface area contributed by atoms with Gasteiger partial charge in [-0.15, -0.1) is 11.3 Å². The van der Waals surface area contributed by atoms with Gasteiger partial charge in [-0.3, -0.25) is 14.6 Å². The molecule has 214 valence electrons. The van der Waals surface area contributed by atoms with Crippen molar-refractivity contribution in [3.05, 3.63) is 90.3 Å². The zero-order chi connectivity index (χ0) is 29.3. The molecule has 1 fully saturated rings. The molecule has 0 aliphatic heterocycles. The van der Waals surface area contributed by atoms with Gasteiger partial charge in [0.05, 0.1) is 21.6 Å². The summed E-state index contributed by atoms with van der Waals surface area (Å²) in [6.07, 6.45) is 2.29. The van der Waals surface area contributed by atoms with Crippen molar-refractivity contribution in [1.29, 1.82) is 0 Å². The van der Waals surface area contributed by atoms with Crippen LogP contribution in [-0.4, -0.2) is 23.3 Å². The van der Waals surface area contributed by atoms with E-state index in [2.05, 4.69) is 20.9 Å². The van der Waals surface area contributed by atoms with Crippen molar-refractivity contribution in [2.75, 3.05) is 17.2 Å². The van der Waals surface area contributed by atoms with Gasteiger partial charge < -0.3 is 25.1 Å². The number of fused-ring (bicyclic) bond motifs is 1. The highest BCUT2D eigenvalue weighted by Crippen LogP contribution is 2.48. The average Bonchev–Trinajstić information content (AvgIpc) is 3.46. The number of halogens is 2. The number of hydrogen-bond acceptors (Lipinski definition) is 7. The van der Waals surface area contributed by atoms with Crippen molar-refractivity contribution < 1.29 is 27.5 Å². The van der Waals surface area contributed by atoms with Gasteiger partial charge in [-0.2, -0.15) is 0 Å². The molecular formula is C31H26F2N4O4S. The molecule has 5 aromatic rings. The van der Waals surface area contributed by atoms with E-state index >= 15 is 4.39 Å². The number of carbonyl (C=O) groups is 2. The van der Waals surface area contributed by atoms with Crippen LogP contribution in [0.3, 0.4) is 0 Å². The number of nitrogens with zero attached hydrogens (tertiary/aromatic N) is 1. The van der Waals surface area contributed by atoms with E-state index in [0.29, 0.717) is 42.1 Å². The van der Waals surface area contributed by atoms with Gasteiger partial charge in [-0.25, -0.2) is 8.78 Å². The Morgan fingerprint density at radius 2 is 1.69 bits per heavy atom. The number of anilines is 2. The minimum atomic E-state index is -1.26. The number of benzene rings is 2. The van der Waals surface area contributed by atoms with E-state index in [1.54, 1.807) is 12.3 Å². The van der Waals surface area contributed by atoms with Gasteiger partial charge in [0, 0.05) is 29.7 Å². The molecule has 0 bridgehead atoms. The van der Waals surface area contributed by atoms with Crippen molar-refractivity contribution >= 4 is 44.7 Å². The van der Waals surface area contributed by atoms with Crippen LogP contribution in [0.4, 0.5) is 20.2 Å². The van der Waals surface area contributed by atoms with Crippen LogP contribution in [0.1, 0.15) is 25.5 Å². The lowest BCUT2D eigenvalue weighted by molar-refractivity contribution is -0.131. The van der Waals surface area contributed by atoms with Crippen LogP contribution in [0, 0.1) is 17.0 Å². The monoisotopic (exact) mass is 588 g/mol. The number of furan rings is 1. The summed E-state index contributed by atoms with van der Waals surface area (Å²) >= 11 is 1.43. The Bertz CT molecular complexity index is 1780. The molecule has 3 heterocycles. The van der Waals surface area contributed by atoms with Gasteiger partial charge in [0.15, 0.2) is 11.6 Å². The topological polar surface area (TPSA) is 105 Å². The molecule has 11 heteroatoms. The fourth-order valence-electron chi connectivity index (χ4n) is 4.47. The second kappa shape index (κ2) is 11.3. The number of aromatic nitrogens is 1. The minimum Gasteiger partial charge on any atom is -0.459 e. The highest BCUT2D eigenvalue weighted by Gasteiger charge is 2.56. The van der Waals surface area contributed by atoms with Gasteiger partial charge in [0.1, 0.15) is 28.5 Å². The molecule has 3 aromatic heterocycles. The lowest BCUT2D eigenvalue weighted by atomic mass is 10.0. The first-order valence-electron chi connectivity index (χ1n) is 13.4. The quantitative estimate of drug-likeness (QED) is 0.150. The van der Waals surface area contributed by atoms with E-state index in [9.17, 15) is 14.0 Å². The molecule has 0 spiro atoms. The average molecular weight is 589 g/mol. The SMILES string of the molecule is CCNCc1ccc(-c2cc3nccc(Oc4ccc(NC(=O)C5(C(=O)Nc6ccc(F)cc6)CC5)cc4F)c3s2)o1. The smallest absolute Gasteiger partial charge is 0.240 e. The van der Waals surface area contributed by atoms with E-state index in [4.69, 9.17) is 9.15 Å². The molecular weight excluding hydrogens is 562 g/mol. The molecule has 0 saturated heterocycles. The van der Waals surface area contributed by atoms with E-state index in [1.807, 2.05) is 25.1 Å². The number of amides is 2. The zero-order valence-corrected chi connectivity index (χ0v) is 23.3. The summed E-state index contributed by atoms with van der Waals surface area (Å²) in [5.41, 5.74) is 0.000390. The highest BCUT2D eigenvalue weighted by molar-refractivity contribution is 7.22. The Hall–Kier alpha value is -4.61. The lowest BCUT2D eigenvalue weighted by Gasteiger charge is -2.16. The molecule has 0 unspecified atom stereocenters. The number of nitrogens with one attached hydrogen (secondary N) is 3. The highest BCUT2D eigenvalue weighted by atomic mass is 32.1. The maximum Gasteiger partial charge on any atom is 0.240 e. The normalized spacial score (nSPS) is 13.6. The third kappa shape index (κ3) is 5.61. The van der Waals surface area contributed by atoms with Crippen LogP contribution >= 0.6 is 11.3 Å². The molecule has 2 aromatic carbocycles. The lowest BCUT2D eigenvalue weighted by Crippen LogP contribution is -2.35. The van der Waals surface area contributed by atoms with Gasteiger partial charge in [0.25, 0.3) is 0 Å². The third-order valence-electron chi connectivity index (χ3n) is 6.96. The molecule has 1 aliphatic rings. The summed E-state index contributed by atoms with van der Waals surface area (Å²) in [7, 11) is 0. The maximum atomic E-state index is 15.1. The van der Waals surface area contributed by atoms with Crippen molar-refractivity contribution in [3.8, 4) is 22.1 Å². The van der Waals surface area contributed by atoms with E-state index in [-0.39, 0.29) is 11.4 Å². The molecule has 1 aliphatic carbocycles. The van der Waals surface area contributed by atoms with E-state index in [0.717, 1.165) is 27.9 Å². The number of rotatable bonds is 10. The number of pyridine rings is 1. The summed E-state index contributed by atoms with van der Waals surface area (Å²) in [4.78, 5) is 31.1. The Kier molecular flexibility index (Phi) is 7.44. The summed E-state index contributed by atoms with van der Waals surface area (Å²) < 4.78 is 40.9. The Morgan fingerprint density at radius 3 is 2.40 bits per heavy atom. The zero-order valence-electron chi connectivity index (χ0n) is 22.5. The van der Waals surface area contributed by atoms with Crippen molar-refractivity contribution in [2.45, 2.75) is 26.3 Å². The maximum absolute atomic E-state index is 15.1. The molecule has 0 atom stereocenters. The second-order valence-corrected chi connectivity index (χ2v) is 11.0. The fraction of sp³-hybridized carbons (Fsp3) is 0.194. The number of carbonyl (C=O) groups excluding carboxylic acids is 2. The first-order chi connectivity index (χ1) is 20.3. The van der Waals surface area contributed by atoms with Crippen molar-refractivity contribution in [1.82, 2.24) is 10.3 Å². The summed E-state index contributed by atoms with van der Waals surface area (Å²) in [5, 5.41) is 8.52. The largest absolute Gasteiger partial charge is 0.459 e. The van der Waals surface area contributed by atoms with Crippen LogP contribution < -0.4 is 20.7 Å². The predicted octanol–water partition coefficient (Wildman–Crippen LogP) is 7.09. The van der Waals surface area contributed by atoms with Crippen molar-refractivity contribution in [2.24, 2.45) is 5.41 Å². The van der Waals surface area contributed by atoms with Gasteiger partial charge in [-0.1, -0.05) is 6.92 Å². The number of ether oxygens (including phenoxy) is 1. The second-order valence-electron chi connectivity index (χ2n) is 9.92. The number of thiophene rings is 1. The van der Waals surface area contributed by atoms with Crippen LogP contribution in [-0.2, 0) is 16.1 Å². The van der Waals surface area contributed by atoms with Gasteiger partial charge >= 0.3 is 0 Å². The first-order valence-corrected chi connectivity index (χ1v) is 14.2. The molecule has 1 saturated carbocycles. The van der Waals surface area contributed by atoms with Crippen LogP contribution in [0.5, 0.6) is 11.5 Å². The molecule has 2 amide bonds. The molecule has 8 nitrogen and oxygen atoms in total. The number of hydrogen-bond donors (Lipinski definition) is 3. The minimum absolute atomic E-state index is 0.0310. The first kappa shape index (κ1) is 27.6. The molecule has 3 N–H and O–H groups in total. The fourth-order valence-corrected chi connectivity index (χ4v) is 5.49. The van der Waals surface area contributed by atoms with Gasteiger partial charge in [-0.05, 0) is 74.0 Å². The summed E-state index contributed by atoms with van der Waals surface area (Å²) in [5.74, 6) is -0.215. The Labute approximate surface area is 243 Å². The van der Waals surface area contributed by atoms with E-state index in [1.165, 1.54) is 47.7 Å². The van der Waals surface area contributed by atoms with Crippen LogP contribution in [0.25, 0.3) is 20.9 Å². The molecule has 42 heavy (non-hydrogen) atoms. The molecule has 6 rings (SSSR count). The van der Waals surface area contributed by atoms with Crippen LogP contribution in [0.15, 0.2) is 77.3 Å². The Morgan fingerprint density at radius 1 is 0.952 bits per heavy atom. The van der Waals surface area contributed by atoms with Gasteiger partial charge in [0.2, 0.25) is 11.8 Å². The van der Waals surface area contributed by atoms with Crippen molar-refractivity contribution in [3.63, 3.8) is 0 Å². The van der Waals surface area contributed by atoms with Crippen LogP contribution in [0.2, 0.25) is 0 Å². The summed E-state index contributed by atoms with van der Waals surface area (Å²) in [6, 6.07) is 16.7. The standard InChI is InChI=1S/C31H26F2N4O4S/c1-2-34-17-21-8-10-25(40-21)27-16-23-28(42-27)26(11-14-35-23)41-24-9-7-20(15-22(24)33)37-30(39)31(12-13-31)29(38)36-19-5-3-18(32)4-6-19/h3-11,14-16,34H,2,12-13,17H2,1H3,(H,36,38)(H,37,39).